The summed E-state index contributed by atoms with van der Waals surface area (Å²) in [7, 11) is 0. The van der Waals surface area contributed by atoms with Crippen LogP contribution in [0.25, 0.3) is 0 Å². The lowest BCUT2D eigenvalue weighted by atomic mass is 10.0. The minimum absolute atomic E-state index is 0.0790. The molecule has 6 heteroatoms. The second kappa shape index (κ2) is 10.9. The number of hydrogen-bond acceptors (Lipinski definition) is 3. The number of anilines is 2. The Balaban J connectivity index is 1.33. The summed E-state index contributed by atoms with van der Waals surface area (Å²) >= 11 is 0. The smallest absolute Gasteiger partial charge is 0.319 e. The number of benzene rings is 3. The van der Waals surface area contributed by atoms with Gasteiger partial charge in [0.25, 0.3) is 5.91 Å². The van der Waals surface area contributed by atoms with E-state index in [1.54, 1.807) is 0 Å². The fourth-order valence-corrected chi connectivity index (χ4v) is 4.30. The van der Waals surface area contributed by atoms with Gasteiger partial charge in [-0.25, -0.2) is 4.79 Å². The Morgan fingerprint density at radius 3 is 2.24 bits per heavy atom. The van der Waals surface area contributed by atoms with E-state index in [9.17, 15) is 9.59 Å². The van der Waals surface area contributed by atoms with Gasteiger partial charge >= 0.3 is 6.03 Å². The fourth-order valence-electron chi connectivity index (χ4n) is 4.30. The lowest BCUT2D eigenvalue weighted by molar-refractivity contribution is 0.0940. The van der Waals surface area contributed by atoms with E-state index in [4.69, 9.17) is 0 Å². The minimum Gasteiger partial charge on any atom is -0.371 e. The van der Waals surface area contributed by atoms with Crippen LogP contribution in [0.4, 0.5) is 16.2 Å². The summed E-state index contributed by atoms with van der Waals surface area (Å²) in [5, 5.41) is 9.10. The molecule has 4 rings (SSSR count). The third-order valence-electron chi connectivity index (χ3n) is 6.28. The first kappa shape index (κ1) is 23.4. The predicted molar refractivity (Wildman–Crippen MR) is 137 cm³/mol. The third-order valence-corrected chi connectivity index (χ3v) is 6.28. The lowest BCUT2D eigenvalue weighted by Crippen LogP contribution is -2.46. The van der Waals surface area contributed by atoms with Crippen molar-refractivity contribution in [3.8, 4) is 0 Å². The molecule has 1 atom stereocenters. The van der Waals surface area contributed by atoms with E-state index >= 15 is 0 Å². The molecule has 0 radical (unpaired) electrons. The molecule has 1 aliphatic rings. The third kappa shape index (κ3) is 5.95. The monoisotopic (exact) mass is 456 g/mol. The molecule has 1 heterocycles. The molecule has 1 saturated heterocycles. The largest absolute Gasteiger partial charge is 0.371 e. The van der Waals surface area contributed by atoms with Gasteiger partial charge in [0, 0.05) is 30.5 Å². The normalized spacial score (nSPS) is 14.8. The van der Waals surface area contributed by atoms with E-state index in [0.717, 1.165) is 48.4 Å². The van der Waals surface area contributed by atoms with Crippen molar-refractivity contribution in [1.29, 1.82) is 0 Å². The van der Waals surface area contributed by atoms with Crippen LogP contribution in [0.15, 0.2) is 78.9 Å². The van der Waals surface area contributed by atoms with Crippen LogP contribution < -0.4 is 20.9 Å². The summed E-state index contributed by atoms with van der Waals surface area (Å²) in [4.78, 5) is 27.7. The molecule has 176 valence electrons. The molecular weight excluding hydrogens is 424 g/mol. The van der Waals surface area contributed by atoms with Crippen molar-refractivity contribution in [1.82, 2.24) is 10.6 Å². The molecule has 6 nitrogen and oxygen atoms in total. The molecule has 34 heavy (non-hydrogen) atoms. The standard InChI is InChI=1S/C28H32N4O2/c1-20-12-14-23(15-13-20)30-28(34)31-24-16-18-32(19-17-24)26-11-7-6-10-25(26)27(33)29-21(2)22-8-4-3-5-9-22/h3-15,21,24H,16-19H2,1-2H3,(H,29,33)(H2,30,31,34)/t21-/m0/s1. The van der Waals surface area contributed by atoms with Crippen molar-refractivity contribution in [3.05, 3.63) is 95.6 Å². The van der Waals surface area contributed by atoms with Crippen molar-refractivity contribution in [2.24, 2.45) is 0 Å². The van der Waals surface area contributed by atoms with Gasteiger partial charge in [-0.3, -0.25) is 4.79 Å². The maximum Gasteiger partial charge on any atom is 0.319 e. The number of carbonyl (C=O) groups is 2. The highest BCUT2D eigenvalue weighted by molar-refractivity contribution is 6.00. The summed E-state index contributed by atoms with van der Waals surface area (Å²) in [5.74, 6) is -0.0790. The first-order valence-electron chi connectivity index (χ1n) is 11.8. The Morgan fingerprint density at radius 1 is 0.882 bits per heavy atom. The number of amides is 3. The fraction of sp³-hybridized carbons (Fsp3) is 0.286. The maximum atomic E-state index is 13.1. The molecule has 1 fully saturated rings. The van der Waals surface area contributed by atoms with Gasteiger partial charge in [-0.05, 0) is 56.5 Å². The van der Waals surface area contributed by atoms with Gasteiger partial charge in [-0.15, -0.1) is 0 Å². The van der Waals surface area contributed by atoms with E-state index in [2.05, 4.69) is 20.9 Å². The van der Waals surface area contributed by atoms with Crippen molar-refractivity contribution in [2.75, 3.05) is 23.3 Å². The number of urea groups is 1. The molecule has 0 aliphatic carbocycles. The quantitative estimate of drug-likeness (QED) is 0.473. The molecule has 0 unspecified atom stereocenters. The Morgan fingerprint density at radius 2 is 1.53 bits per heavy atom. The average Bonchev–Trinajstić information content (AvgIpc) is 2.86. The van der Waals surface area contributed by atoms with Crippen LogP contribution in [-0.4, -0.2) is 31.1 Å². The van der Waals surface area contributed by atoms with Crippen LogP contribution in [0, 0.1) is 6.92 Å². The van der Waals surface area contributed by atoms with Crippen molar-refractivity contribution in [2.45, 2.75) is 38.8 Å². The number of piperidine rings is 1. The van der Waals surface area contributed by atoms with Gasteiger partial charge in [-0.2, -0.15) is 0 Å². The Labute approximate surface area is 201 Å². The zero-order chi connectivity index (χ0) is 23.9. The van der Waals surface area contributed by atoms with Crippen LogP contribution in [-0.2, 0) is 0 Å². The van der Waals surface area contributed by atoms with Crippen molar-refractivity contribution < 1.29 is 9.59 Å². The molecular formula is C28H32N4O2. The average molecular weight is 457 g/mol. The second-order valence-electron chi connectivity index (χ2n) is 8.85. The summed E-state index contributed by atoms with van der Waals surface area (Å²) in [6.07, 6.45) is 1.63. The molecule has 1 aliphatic heterocycles. The molecule has 3 N–H and O–H groups in total. The Hall–Kier alpha value is -3.80. The van der Waals surface area contributed by atoms with E-state index in [1.165, 1.54) is 0 Å². The summed E-state index contributed by atoms with van der Waals surface area (Å²) < 4.78 is 0. The number of hydrogen-bond donors (Lipinski definition) is 3. The maximum absolute atomic E-state index is 13.1. The minimum atomic E-state index is -0.183. The number of rotatable bonds is 6. The highest BCUT2D eigenvalue weighted by Gasteiger charge is 2.24. The van der Waals surface area contributed by atoms with E-state index in [1.807, 2.05) is 92.7 Å². The van der Waals surface area contributed by atoms with Gasteiger partial charge in [-0.1, -0.05) is 60.2 Å². The highest BCUT2D eigenvalue weighted by atomic mass is 16.2. The second-order valence-corrected chi connectivity index (χ2v) is 8.85. The van der Waals surface area contributed by atoms with Gasteiger partial charge in [0.2, 0.25) is 0 Å². The molecule has 3 amide bonds. The number of carbonyl (C=O) groups excluding carboxylic acids is 2. The van der Waals surface area contributed by atoms with Crippen LogP contribution in [0.2, 0.25) is 0 Å². The molecule has 0 saturated carbocycles. The first-order valence-corrected chi connectivity index (χ1v) is 11.8. The predicted octanol–water partition coefficient (Wildman–Crippen LogP) is 5.28. The van der Waals surface area contributed by atoms with E-state index < -0.39 is 0 Å². The van der Waals surface area contributed by atoms with Crippen LogP contribution in [0.3, 0.4) is 0 Å². The van der Waals surface area contributed by atoms with Crippen molar-refractivity contribution in [3.63, 3.8) is 0 Å². The molecule has 0 bridgehead atoms. The van der Waals surface area contributed by atoms with Crippen LogP contribution >= 0.6 is 0 Å². The van der Waals surface area contributed by atoms with E-state index in [0.29, 0.717) is 5.56 Å². The zero-order valence-corrected chi connectivity index (χ0v) is 19.8. The number of para-hydroxylation sites is 1. The number of nitrogens with one attached hydrogen (secondary N) is 3. The summed E-state index contributed by atoms with van der Waals surface area (Å²) in [6.45, 7) is 5.56. The molecule has 0 spiro atoms. The lowest BCUT2D eigenvalue weighted by Gasteiger charge is -2.35. The SMILES string of the molecule is Cc1ccc(NC(=O)NC2CCN(c3ccccc3C(=O)N[C@@H](C)c3ccccc3)CC2)cc1. The van der Waals surface area contributed by atoms with Gasteiger partial charge < -0.3 is 20.9 Å². The number of nitrogens with zero attached hydrogens (tertiary/aromatic N) is 1. The molecule has 3 aromatic carbocycles. The Bertz CT molecular complexity index is 1110. The van der Waals surface area contributed by atoms with E-state index in [-0.39, 0.29) is 24.0 Å². The van der Waals surface area contributed by atoms with Crippen molar-refractivity contribution >= 4 is 23.3 Å². The highest BCUT2D eigenvalue weighted by Crippen LogP contribution is 2.25. The Kier molecular flexibility index (Phi) is 7.48. The summed E-state index contributed by atoms with van der Waals surface area (Å²) in [6, 6.07) is 25.3. The van der Waals surface area contributed by atoms with Gasteiger partial charge in [0.15, 0.2) is 0 Å². The van der Waals surface area contributed by atoms with Crippen LogP contribution in [0.1, 0.15) is 47.3 Å². The van der Waals surface area contributed by atoms with Crippen LogP contribution in [0.5, 0.6) is 0 Å². The zero-order valence-electron chi connectivity index (χ0n) is 19.8. The summed E-state index contributed by atoms with van der Waals surface area (Å²) in [5.41, 5.74) is 4.62. The van der Waals surface area contributed by atoms with Gasteiger partial charge in [0.1, 0.15) is 0 Å². The first-order chi connectivity index (χ1) is 16.5. The van der Waals surface area contributed by atoms with Gasteiger partial charge in [0.05, 0.1) is 11.6 Å². The molecule has 3 aromatic rings. The number of aryl methyl sites for hydroxylation is 1. The topological polar surface area (TPSA) is 73.5 Å². The molecule has 0 aromatic heterocycles.